The Morgan fingerprint density at radius 1 is 1.24 bits per heavy atom. The molecule has 0 atom stereocenters. The van der Waals surface area contributed by atoms with E-state index in [1.54, 1.807) is 6.20 Å². The molecule has 7 heteroatoms. The number of likely N-dealkylation sites (tertiary alicyclic amines) is 1. The molecule has 1 aromatic heterocycles. The first kappa shape index (κ1) is 19.4. The van der Waals surface area contributed by atoms with Gasteiger partial charge in [0.2, 0.25) is 0 Å². The third-order valence-electron chi connectivity index (χ3n) is 5.93. The first-order valence-corrected chi connectivity index (χ1v) is 10.0. The van der Waals surface area contributed by atoms with Gasteiger partial charge in [-0.05, 0) is 49.7 Å². The van der Waals surface area contributed by atoms with E-state index in [2.05, 4.69) is 38.5 Å². The quantitative estimate of drug-likeness (QED) is 0.639. The third kappa shape index (κ3) is 3.96. The van der Waals surface area contributed by atoms with Crippen LogP contribution in [0.3, 0.4) is 0 Å². The molecule has 0 bridgehead atoms. The minimum Gasteiger partial charge on any atom is -0.494 e. The number of nitrogens with zero attached hydrogens (tertiary/aromatic N) is 3. The molecule has 1 aliphatic heterocycles. The number of ether oxygens (including phenoxy) is 1. The molecule has 3 aromatic rings. The Bertz CT molecular complexity index is 979. The maximum atomic E-state index is 12.1. The predicted molar refractivity (Wildman–Crippen MR) is 110 cm³/mol. The van der Waals surface area contributed by atoms with Crippen molar-refractivity contribution in [2.75, 3.05) is 19.7 Å². The van der Waals surface area contributed by atoms with E-state index in [0.717, 1.165) is 25.4 Å². The van der Waals surface area contributed by atoms with Crippen LogP contribution in [0.4, 0.5) is 0 Å². The van der Waals surface area contributed by atoms with Crippen LogP contribution in [-0.2, 0) is 17.8 Å². The summed E-state index contributed by atoms with van der Waals surface area (Å²) in [6.07, 6.45) is 3.19. The first-order chi connectivity index (χ1) is 14.1. The highest BCUT2D eigenvalue weighted by Gasteiger charge is 2.42. The highest BCUT2D eigenvalue weighted by Crippen LogP contribution is 2.37. The van der Waals surface area contributed by atoms with Gasteiger partial charge in [-0.25, -0.2) is 0 Å². The second kappa shape index (κ2) is 8.21. The van der Waals surface area contributed by atoms with Crippen molar-refractivity contribution in [2.45, 2.75) is 32.7 Å². The summed E-state index contributed by atoms with van der Waals surface area (Å²) >= 11 is 0. The normalized spacial score (nSPS) is 16.7. The van der Waals surface area contributed by atoms with Gasteiger partial charge in [0.05, 0.1) is 23.9 Å². The van der Waals surface area contributed by atoms with Gasteiger partial charge in [0.25, 0.3) is 0 Å². The Morgan fingerprint density at radius 2 is 2.03 bits per heavy atom. The summed E-state index contributed by atoms with van der Waals surface area (Å²) < 4.78 is 5.90. The van der Waals surface area contributed by atoms with Crippen molar-refractivity contribution in [3.8, 4) is 5.75 Å². The lowest BCUT2D eigenvalue weighted by molar-refractivity contribution is -0.152. The molecule has 2 N–H and O–H groups in total. The third-order valence-corrected chi connectivity index (χ3v) is 5.93. The number of benzene rings is 2. The predicted octanol–water partition coefficient (Wildman–Crippen LogP) is 3.27. The second-order valence-electron chi connectivity index (χ2n) is 7.70. The lowest BCUT2D eigenvalue weighted by Crippen LogP contribution is -2.45. The number of H-pyrrole nitrogens is 1. The first-order valence-electron chi connectivity index (χ1n) is 10.0. The van der Waals surface area contributed by atoms with Crippen molar-refractivity contribution in [1.29, 1.82) is 0 Å². The number of carbonyl (C=O) groups is 1. The van der Waals surface area contributed by atoms with E-state index in [0.29, 0.717) is 31.6 Å². The van der Waals surface area contributed by atoms with Gasteiger partial charge in [0.15, 0.2) is 0 Å². The Kier molecular flexibility index (Phi) is 5.49. The summed E-state index contributed by atoms with van der Waals surface area (Å²) in [5.41, 5.74) is 1.09. The average molecular weight is 394 g/mol. The van der Waals surface area contributed by atoms with Crippen LogP contribution in [0.2, 0.25) is 0 Å². The molecule has 152 valence electrons. The Balaban J connectivity index is 1.53. The molecule has 0 saturated carbocycles. The van der Waals surface area contributed by atoms with Crippen LogP contribution in [0.5, 0.6) is 5.75 Å². The van der Waals surface area contributed by atoms with Gasteiger partial charge in [0.1, 0.15) is 5.75 Å². The number of carboxylic acids is 1. The van der Waals surface area contributed by atoms with Gasteiger partial charge < -0.3 is 9.84 Å². The van der Waals surface area contributed by atoms with E-state index < -0.39 is 11.4 Å². The summed E-state index contributed by atoms with van der Waals surface area (Å²) in [6, 6.07) is 12.5. The van der Waals surface area contributed by atoms with Gasteiger partial charge in [-0.1, -0.05) is 30.3 Å². The molecule has 4 rings (SSSR count). The van der Waals surface area contributed by atoms with Crippen LogP contribution in [0.25, 0.3) is 10.8 Å². The number of aromatic amines is 1. The fraction of sp³-hybridized carbons (Fsp3) is 0.409. The van der Waals surface area contributed by atoms with Gasteiger partial charge in [-0.2, -0.15) is 15.4 Å². The minimum absolute atomic E-state index is 0.408. The Labute approximate surface area is 169 Å². The Hall–Kier alpha value is -2.93. The number of hydrogen-bond donors (Lipinski definition) is 2. The molecule has 2 heterocycles. The second-order valence-corrected chi connectivity index (χ2v) is 7.70. The van der Waals surface area contributed by atoms with Crippen molar-refractivity contribution in [2.24, 2.45) is 5.41 Å². The van der Waals surface area contributed by atoms with E-state index in [4.69, 9.17) is 4.74 Å². The molecule has 0 spiro atoms. The summed E-state index contributed by atoms with van der Waals surface area (Å²) in [5.74, 6) is 0.157. The number of nitrogens with one attached hydrogen (secondary N) is 1. The van der Waals surface area contributed by atoms with Gasteiger partial charge >= 0.3 is 5.97 Å². The Morgan fingerprint density at radius 3 is 2.72 bits per heavy atom. The van der Waals surface area contributed by atoms with E-state index in [1.165, 1.54) is 16.3 Å². The monoisotopic (exact) mass is 394 g/mol. The fourth-order valence-electron chi connectivity index (χ4n) is 4.26. The molecule has 0 radical (unpaired) electrons. The molecule has 7 nitrogen and oxygen atoms in total. The number of aliphatic carboxylic acids is 1. The fourth-order valence-corrected chi connectivity index (χ4v) is 4.26. The highest BCUT2D eigenvalue weighted by atomic mass is 16.5. The van der Waals surface area contributed by atoms with Crippen molar-refractivity contribution < 1.29 is 14.6 Å². The smallest absolute Gasteiger partial charge is 0.310 e. The zero-order valence-corrected chi connectivity index (χ0v) is 16.6. The standard InChI is InChI=1S/C22H26N4O3/c1-2-29-20-8-7-16-5-3-4-6-18(16)19(20)15-26-11-9-22(10-12-26,21(27)28)13-17-14-23-25-24-17/h3-8,14H,2,9-13,15H2,1H3,(H,27,28)(H,23,24,25). The van der Waals surface area contributed by atoms with Crippen LogP contribution in [0.15, 0.2) is 42.6 Å². The van der Waals surface area contributed by atoms with E-state index in [-0.39, 0.29) is 0 Å². The van der Waals surface area contributed by atoms with E-state index in [9.17, 15) is 9.90 Å². The summed E-state index contributed by atoms with van der Waals surface area (Å²) in [5, 5.41) is 22.7. The number of hydrogen-bond acceptors (Lipinski definition) is 5. The maximum absolute atomic E-state index is 12.1. The van der Waals surface area contributed by atoms with Crippen molar-refractivity contribution in [3.05, 3.63) is 53.9 Å². The number of carboxylic acid groups (broad SMARTS) is 1. The zero-order chi connectivity index (χ0) is 20.3. The largest absolute Gasteiger partial charge is 0.494 e. The molecule has 29 heavy (non-hydrogen) atoms. The zero-order valence-electron chi connectivity index (χ0n) is 16.6. The molecule has 0 aliphatic carbocycles. The van der Waals surface area contributed by atoms with E-state index >= 15 is 0 Å². The molecule has 1 aliphatic rings. The van der Waals surface area contributed by atoms with Crippen LogP contribution >= 0.6 is 0 Å². The molecule has 0 amide bonds. The van der Waals surface area contributed by atoms with Crippen LogP contribution in [-0.4, -0.2) is 51.1 Å². The SMILES string of the molecule is CCOc1ccc2ccccc2c1CN1CCC(Cc2cn[nH]n2)(C(=O)O)CC1. The lowest BCUT2D eigenvalue weighted by atomic mass is 9.75. The number of rotatable bonds is 7. The average Bonchev–Trinajstić information content (AvgIpc) is 3.24. The number of piperidine rings is 1. The van der Waals surface area contributed by atoms with Crippen LogP contribution < -0.4 is 4.74 Å². The van der Waals surface area contributed by atoms with Gasteiger partial charge in [0, 0.05) is 18.5 Å². The van der Waals surface area contributed by atoms with Crippen molar-refractivity contribution in [1.82, 2.24) is 20.3 Å². The summed E-state index contributed by atoms with van der Waals surface area (Å²) in [6.45, 7) is 4.80. The maximum Gasteiger partial charge on any atom is 0.310 e. The van der Waals surface area contributed by atoms with Gasteiger partial charge in [-0.15, -0.1) is 0 Å². The number of aromatic nitrogens is 3. The molecular weight excluding hydrogens is 368 g/mol. The summed E-state index contributed by atoms with van der Waals surface area (Å²) in [4.78, 5) is 14.4. The topological polar surface area (TPSA) is 91.3 Å². The highest BCUT2D eigenvalue weighted by molar-refractivity contribution is 5.87. The summed E-state index contributed by atoms with van der Waals surface area (Å²) in [7, 11) is 0. The molecule has 1 saturated heterocycles. The van der Waals surface area contributed by atoms with Crippen molar-refractivity contribution in [3.63, 3.8) is 0 Å². The molecule has 0 unspecified atom stereocenters. The lowest BCUT2D eigenvalue weighted by Gasteiger charge is -2.38. The molecule has 2 aromatic carbocycles. The van der Waals surface area contributed by atoms with Gasteiger partial charge in [-0.3, -0.25) is 9.69 Å². The number of fused-ring (bicyclic) bond motifs is 1. The van der Waals surface area contributed by atoms with Crippen molar-refractivity contribution >= 4 is 16.7 Å². The van der Waals surface area contributed by atoms with Crippen LogP contribution in [0, 0.1) is 5.41 Å². The van der Waals surface area contributed by atoms with Crippen LogP contribution in [0.1, 0.15) is 31.0 Å². The van der Waals surface area contributed by atoms with E-state index in [1.807, 2.05) is 25.1 Å². The molecule has 1 fully saturated rings. The minimum atomic E-state index is -0.783. The molecular formula is C22H26N4O3.